The van der Waals surface area contributed by atoms with Crippen LogP contribution in [0.15, 0.2) is 35.6 Å². The lowest BCUT2D eigenvalue weighted by atomic mass is 10.2. The van der Waals surface area contributed by atoms with E-state index in [-0.39, 0.29) is 24.0 Å². The first kappa shape index (κ1) is 22.4. The first-order chi connectivity index (χ1) is 13.3. The van der Waals surface area contributed by atoms with Gasteiger partial charge in [-0.2, -0.15) is 0 Å². The highest BCUT2D eigenvalue weighted by molar-refractivity contribution is 14.0. The molecule has 2 N–H and O–H groups in total. The zero-order chi connectivity index (χ0) is 18.9. The van der Waals surface area contributed by atoms with E-state index in [1.807, 2.05) is 12.1 Å². The summed E-state index contributed by atoms with van der Waals surface area (Å²) in [4.78, 5) is 4.79. The van der Waals surface area contributed by atoms with Crippen LogP contribution in [0.25, 0.3) is 0 Å². The number of ether oxygens (including phenoxy) is 1. The molecule has 1 aliphatic rings. The van der Waals surface area contributed by atoms with Gasteiger partial charge in [-0.05, 0) is 30.5 Å². The van der Waals surface area contributed by atoms with E-state index < -0.39 is 0 Å². The number of aliphatic imine (C=N–C) groups is 1. The van der Waals surface area contributed by atoms with Crippen LogP contribution in [0.1, 0.15) is 44.0 Å². The van der Waals surface area contributed by atoms with E-state index >= 15 is 0 Å². The Kier molecular flexibility index (Phi) is 9.52. The zero-order valence-corrected chi connectivity index (χ0v) is 19.1. The van der Waals surface area contributed by atoms with Crippen LogP contribution < -0.4 is 15.4 Å². The van der Waals surface area contributed by atoms with Gasteiger partial charge in [0.25, 0.3) is 0 Å². The Morgan fingerprint density at radius 1 is 1.25 bits per heavy atom. The largest absolute Gasteiger partial charge is 0.497 e. The molecule has 0 radical (unpaired) electrons. The Bertz CT molecular complexity index is 725. The summed E-state index contributed by atoms with van der Waals surface area (Å²) in [5.41, 5.74) is 1.16. The van der Waals surface area contributed by atoms with E-state index in [2.05, 4.69) is 44.5 Å². The predicted molar refractivity (Wildman–Crippen MR) is 122 cm³/mol. The van der Waals surface area contributed by atoms with Gasteiger partial charge in [-0.3, -0.25) is 0 Å². The Labute approximate surface area is 184 Å². The number of aromatic nitrogens is 3. The van der Waals surface area contributed by atoms with Gasteiger partial charge in [0.2, 0.25) is 0 Å². The van der Waals surface area contributed by atoms with Crippen molar-refractivity contribution in [2.45, 2.75) is 58.2 Å². The van der Waals surface area contributed by atoms with E-state index in [1.54, 1.807) is 13.4 Å². The SMILES string of the molecule is CCc1nncn1CCNC(=NCc1ccc(OC)cc1)NC1CCCC1.I. The fraction of sp³-hybridized carbons (Fsp3) is 0.550. The number of rotatable bonds is 8. The first-order valence-corrected chi connectivity index (χ1v) is 9.83. The van der Waals surface area contributed by atoms with Crippen molar-refractivity contribution in [3.05, 3.63) is 42.0 Å². The third-order valence-corrected chi connectivity index (χ3v) is 4.93. The highest BCUT2D eigenvalue weighted by Gasteiger charge is 2.16. The molecule has 1 heterocycles. The van der Waals surface area contributed by atoms with Crippen molar-refractivity contribution in [1.82, 2.24) is 25.4 Å². The van der Waals surface area contributed by atoms with Crippen molar-refractivity contribution in [3.63, 3.8) is 0 Å². The molecule has 0 atom stereocenters. The molecule has 28 heavy (non-hydrogen) atoms. The average Bonchev–Trinajstić information content (AvgIpc) is 3.38. The van der Waals surface area contributed by atoms with Crippen LogP contribution in [-0.4, -0.2) is 40.4 Å². The summed E-state index contributed by atoms with van der Waals surface area (Å²) in [6, 6.07) is 8.58. The third kappa shape index (κ3) is 6.65. The van der Waals surface area contributed by atoms with Crippen LogP contribution in [0.4, 0.5) is 0 Å². The number of aryl methyl sites for hydroxylation is 1. The number of halogens is 1. The van der Waals surface area contributed by atoms with E-state index in [0.29, 0.717) is 12.6 Å². The minimum Gasteiger partial charge on any atom is -0.497 e. The van der Waals surface area contributed by atoms with Crippen LogP contribution in [0.3, 0.4) is 0 Å². The molecule has 0 amide bonds. The molecule has 154 valence electrons. The van der Waals surface area contributed by atoms with Crippen LogP contribution in [0.5, 0.6) is 5.75 Å². The molecule has 1 aromatic heterocycles. The van der Waals surface area contributed by atoms with Crippen molar-refractivity contribution in [1.29, 1.82) is 0 Å². The van der Waals surface area contributed by atoms with Gasteiger partial charge < -0.3 is 19.9 Å². The summed E-state index contributed by atoms with van der Waals surface area (Å²) < 4.78 is 7.30. The molecule has 0 aliphatic heterocycles. The molecule has 0 bridgehead atoms. The monoisotopic (exact) mass is 498 g/mol. The molecular formula is C20H31IN6O. The van der Waals surface area contributed by atoms with Crippen LogP contribution in [-0.2, 0) is 19.5 Å². The Morgan fingerprint density at radius 3 is 2.68 bits per heavy atom. The van der Waals surface area contributed by atoms with E-state index in [0.717, 1.165) is 42.6 Å². The lowest BCUT2D eigenvalue weighted by Crippen LogP contribution is -2.43. The minimum atomic E-state index is 0. The average molecular weight is 498 g/mol. The first-order valence-electron chi connectivity index (χ1n) is 9.83. The molecule has 7 nitrogen and oxygen atoms in total. The van der Waals surface area contributed by atoms with Gasteiger partial charge >= 0.3 is 0 Å². The van der Waals surface area contributed by atoms with E-state index in [1.165, 1.54) is 25.7 Å². The van der Waals surface area contributed by atoms with Gasteiger partial charge in [0, 0.05) is 25.6 Å². The molecule has 1 saturated carbocycles. The van der Waals surface area contributed by atoms with Crippen molar-refractivity contribution in [2.24, 2.45) is 4.99 Å². The molecule has 8 heteroatoms. The molecule has 2 aromatic rings. The van der Waals surface area contributed by atoms with E-state index in [9.17, 15) is 0 Å². The molecule has 0 spiro atoms. The zero-order valence-electron chi connectivity index (χ0n) is 16.7. The lowest BCUT2D eigenvalue weighted by molar-refractivity contribution is 0.414. The van der Waals surface area contributed by atoms with Crippen LogP contribution in [0.2, 0.25) is 0 Å². The molecule has 1 fully saturated rings. The molecule has 1 aliphatic carbocycles. The number of benzene rings is 1. The second-order valence-corrected chi connectivity index (χ2v) is 6.86. The van der Waals surface area contributed by atoms with Gasteiger partial charge in [-0.25, -0.2) is 4.99 Å². The quantitative estimate of drug-likeness (QED) is 0.332. The number of nitrogens with one attached hydrogen (secondary N) is 2. The highest BCUT2D eigenvalue weighted by Crippen LogP contribution is 2.17. The normalized spacial score (nSPS) is 14.6. The lowest BCUT2D eigenvalue weighted by Gasteiger charge is -2.18. The Balaban J connectivity index is 0.00000280. The minimum absolute atomic E-state index is 0. The fourth-order valence-corrected chi connectivity index (χ4v) is 3.35. The standard InChI is InChI=1S/C20H30N6O.HI/c1-3-19-25-23-15-26(19)13-12-21-20(24-17-6-4-5-7-17)22-14-16-8-10-18(27-2)11-9-16;/h8-11,15,17H,3-7,12-14H2,1-2H3,(H2,21,22,24);1H. The number of hydrogen-bond donors (Lipinski definition) is 2. The maximum absolute atomic E-state index is 5.22. The van der Waals surface area contributed by atoms with Crippen molar-refractivity contribution in [3.8, 4) is 5.75 Å². The Hall–Kier alpha value is -1.84. The molecule has 1 aromatic carbocycles. The van der Waals surface area contributed by atoms with Crippen molar-refractivity contribution >= 4 is 29.9 Å². The van der Waals surface area contributed by atoms with Gasteiger partial charge in [0.05, 0.1) is 13.7 Å². The summed E-state index contributed by atoms with van der Waals surface area (Å²) in [5, 5.41) is 15.2. The van der Waals surface area contributed by atoms with Gasteiger partial charge in [0.1, 0.15) is 17.9 Å². The number of nitrogens with zero attached hydrogens (tertiary/aromatic N) is 4. The summed E-state index contributed by atoms with van der Waals surface area (Å²) in [5.74, 6) is 2.76. The Morgan fingerprint density at radius 2 is 2.00 bits per heavy atom. The topological polar surface area (TPSA) is 76.4 Å². The van der Waals surface area contributed by atoms with Crippen LogP contribution >= 0.6 is 24.0 Å². The summed E-state index contributed by atoms with van der Waals surface area (Å²) >= 11 is 0. The molecular weight excluding hydrogens is 467 g/mol. The summed E-state index contributed by atoms with van der Waals surface area (Å²) in [6.07, 6.45) is 7.70. The number of hydrogen-bond acceptors (Lipinski definition) is 4. The van der Waals surface area contributed by atoms with Crippen molar-refractivity contribution < 1.29 is 4.74 Å². The third-order valence-electron chi connectivity index (χ3n) is 4.93. The molecule has 3 rings (SSSR count). The number of methoxy groups -OCH3 is 1. The van der Waals surface area contributed by atoms with Gasteiger partial charge in [0.15, 0.2) is 5.96 Å². The maximum Gasteiger partial charge on any atom is 0.191 e. The fourth-order valence-electron chi connectivity index (χ4n) is 3.35. The smallest absolute Gasteiger partial charge is 0.191 e. The molecule has 0 unspecified atom stereocenters. The molecule has 0 saturated heterocycles. The number of guanidine groups is 1. The second kappa shape index (κ2) is 11.9. The summed E-state index contributed by atoms with van der Waals surface area (Å²) in [7, 11) is 1.68. The van der Waals surface area contributed by atoms with E-state index in [4.69, 9.17) is 9.73 Å². The van der Waals surface area contributed by atoms with Crippen molar-refractivity contribution in [2.75, 3.05) is 13.7 Å². The predicted octanol–water partition coefficient (Wildman–Crippen LogP) is 3.15. The van der Waals surface area contributed by atoms with Crippen LogP contribution in [0, 0.1) is 0 Å². The summed E-state index contributed by atoms with van der Waals surface area (Å²) in [6.45, 7) is 4.34. The maximum atomic E-state index is 5.22. The highest BCUT2D eigenvalue weighted by atomic mass is 127. The second-order valence-electron chi connectivity index (χ2n) is 6.86. The van der Waals surface area contributed by atoms with Gasteiger partial charge in [-0.1, -0.05) is 31.9 Å². The van der Waals surface area contributed by atoms with Gasteiger partial charge in [-0.15, -0.1) is 34.2 Å².